The summed E-state index contributed by atoms with van der Waals surface area (Å²) in [6, 6.07) is 6.49. The Morgan fingerprint density at radius 2 is 1.81 bits per heavy atom. The van der Waals surface area contributed by atoms with E-state index >= 15 is 0 Å². The molecule has 21 heavy (non-hydrogen) atoms. The van der Waals surface area contributed by atoms with Gasteiger partial charge in [0.25, 0.3) is 0 Å². The molecule has 0 radical (unpaired) electrons. The van der Waals surface area contributed by atoms with E-state index in [1.165, 1.54) is 7.11 Å². The first-order valence-corrected chi connectivity index (χ1v) is 7.98. The zero-order valence-corrected chi connectivity index (χ0v) is 12.6. The molecule has 8 heteroatoms. The summed E-state index contributed by atoms with van der Waals surface area (Å²) in [5, 5.41) is 0. The van der Waals surface area contributed by atoms with Crippen molar-refractivity contribution in [2.24, 2.45) is 0 Å². The topological polar surface area (TPSA) is 98.8 Å². The number of hydrogen-bond donors (Lipinski definition) is 1. The third-order valence-electron chi connectivity index (χ3n) is 2.52. The molecule has 116 valence electrons. The van der Waals surface area contributed by atoms with E-state index in [4.69, 9.17) is 4.74 Å². The van der Waals surface area contributed by atoms with Crippen LogP contribution in [0.15, 0.2) is 24.3 Å². The summed E-state index contributed by atoms with van der Waals surface area (Å²) in [4.78, 5) is 22.4. The Hall–Kier alpha value is -1.93. The van der Waals surface area contributed by atoms with Crippen molar-refractivity contribution in [3.63, 3.8) is 0 Å². The van der Waals surface area contributed by atoms with Crippen molar-refractivity contribution >= 4 is 22.0 Å². The van der Waals surface area contributed by atoms with Gasteiger partial charge < -0.3 is 9.47 Å². The summed E-state index contributed by atoms with van der Waals surface area (Å²) in [5.41, 5.74) is 1.18. The van der Waals surface area contributed by atoms with Crippen LogP contribution in [0.3, 0.4) is 0 Å². The molecule has 7 nitrogen and oxygen atoms in total. The van der Waals surface area contributed by atoms with Gasteiger partial charge in [-0.25, -0.2) is 22.7 Å². The van der Waals surface area contributed by atoms with Gasteiger partial charge >= 0.3 is 11.9 Å². The molecule has 0 spiro atoms. The van der Waals surface area contributed by atoms with Gasteiger partial charge in [-0.1, -0.05) is 12.1 Å². The normalized spacial score (nSPS) is 11.0. The maximum atomic E-state index is 11.6. The molecule has 1 aromatic rings. The van der Waals surface area contributed by atoms with Crippen LogP contribution in [0.2, 0.25) is 0 Å². The minimum absolute atomic E-state index is 0.283. The highest BCUT2D eigenvalue weighted by Gasteiger charge is 2.10. The first-order valence-electron chi connectivity index (χ1n) is 6.09. The molecule has 1 aromatic carbocycles. The number of sulfonamides is 1. The van der Waals surface area contributed by atoms with Gasteiger partial charge in [0.2, 0.25) is 10.0 Å². The minimum Gasteiger partial charge on any atom is -0.466 e. The predicted octanol–water partition coefficient (Wildman–Crippen LogP) is 0.108. The lowest BCUT2D eigenvalue weighted by molar-refractivity contribution is -0.144. The van der Waals surface area contributed by atoms with Crippen molar-refractivity contribution in [1.82, 2.24) is 4.72 Å². The summed E-state index contributed by atoms with van der Waals surface area (Å²) in [7, 11) is -2.00. The Morgan fingerprint density at radius 1 is 1.19 bits per heavy atom. The van der Waals surface area contributed by atoms with Crippen LogP contribution in [-0.2, 0) is 30.7 Å². The third kappa shape index (κ3) is 6.87. The van der Waals surface area contributed by atoms with Crippen molar-refractivity contribution in [1.29, 1.82) is 0 Å². The van der Waals surface area contributed by atoms with E-state index in [1.807, 2.05) is 0 Å². The second-order valence-electron chi connectivity index (χ2n) is 4.27. The van der Waals surface area contributed by atoms with Crippen LogP contribution < -0.4 is 4.72 Å². The van der Waals surface area contributed by atoms with Crippen LogP contribution in [0.5, 0.6) is 0 Å². The Balaban J connectivity index is 2.49. The van der Waals surface area contributed by atoms with Gasteiger partial charge in [-0.15, -0.1) is 0 Å². The number of benzene rings is 1. The SMILES string of the molecule is COC(=O)COC(=O)c1ccc(CCNS(C)(=O)=O)cc1. The van der Waals surface area contributed by atoms with Crippen LogP contribution in [0.1, 0.15) is 15.9 Å². The number of methoxy groups -OCH3 is 1. The zero-order valence-electron chi connectivity index (χ0n) is 11.8. The smallest absolute Gasteiger partial charge is 0.344 e. The maximum Gasteiger partial charge on any atom is 0.344 e. The van der Waals surface area contributed by atoms with Crippen molar-refractivity contribution < 1.29 is 27.5 Å². The van der Waals surface area contributed by atoms with E-state index in [0.29, 0.717) is 12.0 Å². The third-order valence-corrected chi connectivity index (χ3v) is 3.24. The van der Waals surface area contributed by atoms with Crippen LogP contribution in [0.4, 0.5) is 0 Å². The molecule has 0 bridgehead atoms. The summed E-state index contributed by atoms with van der Waals surface area (Å²) >= 11 is 0. The van der Waals surface area contributed by atoms with Gasteiger partial charge in [-0.05, 0) is 24.1 Å². The highest BCUT2D eigenvalue weighted by Crippen LogP contribution is 2.06. The summed E-state index contributed by atoms with van der Waals surface area (Å²) in [5.74, 6) is -1.26. The van der Waals surface area contributed by atoms with E-state index < -0.39 is 28.6 Å². The average Bonchev–Trinajstić information content (AvgIpc) is 2.43. The summed E-state index contributed by atoms with van der Waals surface area (Å²) in [6.07, 6.45) is 1.60. The molecule has 0 heterocycles. The lowest BCUT2D eigenvalue weighted by Gasteiger charge is -2.05. The first kappa shape index (κ1) is 17.1. The Bertz CT molecular complexity index is 594. The number of carbonyl (C=O) groups excluding carboxylic acids is 2. The molecular formula is C13H17NO6S. The van der Waals surface area contributed by atoms with Crippen molar-refractivity contribution in [2.75, 3.05) is 26.5 Å². The molecule has 0 aliphatic rings. The van der Waals surface area contributed by atoms with Gasteiger partial charge in [0.1, 0.15) is 0 Å². The van der Waals surface area contributed by atoms with Crippen LogP contribution in [0, 0.1) is 0 Å². The van der Waals surface area contributed by atoms with E-state index in [9.17, 15) is 18.0 Å². The molecule has 0 amide bonds. The van der Waals surface area contributed by atoms with Crippen LogP contribution in [0.25, 0.3) is 0 Å². The van der Waals surface area contributed by atoms with Crippen molar-refractivity contribution in [2.45, 2.75) is 6.42 Å². The van der Waals surface area contributed by atoms with Gasteiger partial charge in [-0.3, -0.25) is 0 Å². The fourth-order valence-electron chi connectivity index (χ4n) is 1.45. The van der Waals surface area contributed by atoms with E-state index in [0.717, 1.165) is 11.8 Å². The standard InChI is InChI=1S/C13H17NO6S/c1-19-12(15)9-20-13(16)11-5-3-10(4-6-11)7-8-14-21(2,17)18/h3-6,14H,7-9H2,1-2H3. The number of rotatable bonds is 7. The molecule has 0 aliphatic heterocycles. The number of carbonyl (C=O) groups is 2. The first-order chi connectivity index (χ1) is 9.81. The highest BCUT2D eigenvalue weighted by molar-refractivity contribution is 7.88. The molecule has 0 saturated heterocycles. The quantitative estimate of drug-likeness (QED) is 0.717. The number of hydrogen-bond acceptors (Lipinski definition) is 6. The van der Waals surface area contributed by atoms with E-state index in [2.05, 4.69) is 9.46 Å². The minimum atomic E-state index is -3.20. The highest BCUT2D eigenvalue weighted by atomic mass is 32.2. The largest absolute Gasteiger partial charge is 0.466 e. The molecule has 0 aliphatic carbocycles. The van der Waals surface area contributed by atoms with Crippen molar-refractivity contribution in [3.05, 3.63) is 35.4 Å². The molecule has 0 atom stereocenters. The van der Waals surface area contributed by atoms with Gasteiger partial charge in [0.05, 0.1) is 18.9 Å². The van der Waals surface area contributed by atoms with E-state index in [-0.39, 0.29) is 6.54 Å². The number of nitrogens with one attached hydrogen (secondary N) is 1. The fourth-order valence-corrected chi connectivity index (χ4v) is 1.93. The lowest BCUT2D eigenvalue weighted by Crippen LogP contribution is -2.24. The summed E-state index contributed by atoms with van der Waals surface area (Å²) in [6.45, 7) is -0.152. The molecule has 1 N–H and O–H groups in total. The second kappa shape index (κ2) is 7.75. The number of ether oxygens (including phenoxy) is 2. The number of esters is 2. The van der Waals surface area contributed by atoms with Crippen LogP contribution >= 0.6 is 0 Å². The van der Waals surface area contributed by atoms with Gasteiger partial charge in [0, 0.05) is 6.54 Å². The molecule has 0 unspecified atom stereocenters. The molecule has 0 aromatic heterocycles. The fraction of sp³-hybridized carbons (Fsp3) is 0.385. The average molecular weight is 315 g/mol. The van der Waals surface area contributed by atoms with Gasteiger partial charge in [-0.2, -0.15) is 0 Å². The van der Waals surface area contributed by atoms with E-state index in [1.54, 1.807) is 24.3 Å². The summed E-state index contributed by atoms with van der Waals surface area (Å²) < 4.78 is 33.3. The molecular weight excluding hydrogens is 298 g/mol. The molecule has 0 fully saturated rings. The zero-order chi connectivity index (χ0) is 15.9. The Morgan fingerprint density at radius 3 is 2.33 bits per heavy atom. The van der Waals surface area contributed by atoms with Crippen LogP contribution in [-0.4, -0.2) is 46.9 Å². The van der Waals surface area contributed by atoms with Gasteiger partial charge in [0.15, 0.2) is 6.61 Å². The molecule has 0 saturated carbocycles. The monoisotopic (exact) mass is 315 g/mol. The maximum absolute atomic E-state index is 11.6. The lowest BCUT2D eigenvalue weighted by atomic mass is 10.1. The van der Waals surface area contributed by atoms with Crippen molar-refractivity contribution in [3.8, 4) is 0 Å². The molecule has 1 rings (SSSR count). The predicted molar refractivity (Wildman–Crippen MR) is 75.3 cm³/mol. The Labute approximate surface area is 123 Å². The Kier molecular flexibility index (Phi) is 6.32. The second-order valence-corrected chi connectivity index (χ2v) is 6.10.